The molecular formula is C13H9BrN2O. The van der Waals surface area contributed by atoms with Crippen LogP contribution in [0.15, 0.2) is 47.1 Å². The highest BCUT2D eigenvalue weighted by atomic mass is 79.9. The van der Waals surface area contributed by atoms with Crippen LogP contribution in [0.4, 0.5) is 0 Å². The van der Waals surface area contributed by atoms with Crippen LogP contribution in [-0.4, -0.2) is 4.98 Å². The summed E-state index contributed by atoms with van der Waals surface area (Å²) in [7, 11) is 0. The van der Waals surface area contributed by atoms with E-state index in [1.54, 1.807) is 30.5 Å². The number of hydrogen-bond donors (Lipinski definition) is 0. The second kappa shape index (κ2) is 5.46. The Balaban J connectivity index is 1.98. The number of nitriles is 1. The zero-order chi connectivity index (χ0) is 12.1. The molecule has 0 aliphatic heterocycles. The molecular weight excluding hydrogens is 280 g/mol. The second-order valence-corrected chi connectivity index (χ2v) is 4.31. The maximum atomic E-state index is 8.66. The van der Waals surface area contributed by atoms with Crippen molar-refractivity contribution >= 4 is 15.9 Å². The van der Waals surface area contributed by atoms with Gasteiger partial charge in [0.2, 0.25) is 0 Å². The molecule has 2 aromatic rings. The van der Waals surface area contributed by atoms with E-state index in [9.17, 15) is 0 Å². The number of rotatable bonds is 3. The summed E-state index contributed by atoms with van der Waals surface area (Å²) in [6, 6.07) is 12.9. The molecule has 0 N–H and O–H groups in total. The van der Waals surface area contributed by atoms with Gasteiger partial charge in [-0.1, -0.05) is 0 Å². The van der Waals surface area contributed by atoms with Gasteiger partial charge in [-0.15, -0.1) is 0 Å². The summed E-state index contributed by atoms with van der Waals surface area (Å²) in [6.07, 6.45) is 1.73. The van der Waals surface area contributed by atoms with E-state index in [2.05, 4.69) is 27.0 Å². The Kier molecular flexibility index (Phi) is 3.73. The molecule has 0 spiro atoms. The minimum absolute atomic E-state index is 0.416. The maximum Gasteiger partial charge on any atom is 0.130 e. The predicted octanol–water partition coefficient (Wildman–Crippen LogP) is 3.29. The van der Waals surface area contributed by atoms with Gasteiger partial charge in [0.15, 0.2) is 0 Å². The first kappa shape index (κ1) is 11.6. The van der Waals surface area contributed by atoms with Crippen molar-refractivity contribution in [1.82, 2.24) is 4.98 Å². The summed E-state index contributed by atoms with van der Waals surface area (Å²) in [5.74, 6) is 0.730. The number of ether oxygens (including phenoxy) is 1. The number of benzene rings is 1. The van der Waals surface area contributed by atoms with Crippen molar-refractivity contribution in [3.8, 4) is 11.8 Å². The van der Waals surface area contributed by atoms with Gasteiger partial charge in [-0.25, -0.2) is 0 Å². The van der Waals surface area contributed by atoms with Crippen molar-refractivity contribution < 1.29 is 4.74 Å². The van der Waals surface area contributed by atoms with Crippen molar-refractivity contribution in [3.63, 3.8) is 0 Å². The van der Waals surface area contributed by atoms with Crippen molar-refractivity contribution in [2.45, 2.75) is 6.61 Å². The van der Waals surface area contributed by atoms with Crippen LogP contribution in [-0.2, 0) is 6.61 Å². The molecule has 1 aromatic carbocycles. The Morgan fingerprint density at radius 2 is 1.94 bits per heavy atom. The van der Waals surface area contributed by atoms with Gasteiger partial charge in [0.1, 0.15) is 12.4 Å². The fourth-order valence-corrected chi connectivity index (χ4v) is 1.51. The lowest BCUT2D eigenvalue weighted by Crippen LogP contribution is -1.97. The monoisotopic (exact) mass is 288 g/mol. The van der Waals surface area contributed by atoms with Crippen molar-refractivity contribution in [2.75, 3.05) is 0 Å². The highest BCUT2D eigenvalue weighted by Crippen LogP contribution is 2.14. The average Bonchev–Trinajstić information content (AvgIpc) is 2.39. The van der Waals surface area contributed by atoms with Crippen molar-refractivity contribution in [1.29, 1.82) is 5.26 Å². The molecule has 0 unspecified atom stereocenters. The predicted molar refractivity (Wildman–Crippen MR) is 67.4 cm³/mol. The zero-order valence-electron chi connectivity index (χ0n) is 8.93. The molecule has 3 nitrogen and oxygen atoms in total. The van der Waals surface area contributed by atoms with Gasteiger partial charge in [0, 0.05) is 10.7 Å². The molecule has 84 valence electrons. The maximum absolute atomic E-state index is 8.66. The van der Waals surface area contributed by atoms with E-state index >= 15 is 0 Å². The first-order valence-electron chi connectivity index (χ1n) is 5.01. The third kappa shape index (κ3) is 3.30. The van der Waals surface area contributed by atoms with Crippen LogP contribution >= 0.6 is 15.9 Å². The van der Waals surface area contributed by atoms with Crippen LogP contribution in [0.5, 0.6) is 5.75 Å². The highest BCUT2D eigenvalue weighted by Gasteiger charge is 1.97. The quantitative estimate of drug-likeness (QED) is 0.871. The molecule has 0 aliphatic carbocycles. The molecule has 0 bridgehead atoms. The summed E-state index contributed by atoms with van der Waals surface area (Å²) in [4.78, 5) is 4.20. The van der Waals surface area contributed by atoms with Crippen LogP contribution in [0.3, 0.4) is 0 Å². The van der Waals surface area contributed by atoms with E-state index in [0.717, 1.165) is 15.9 Å². The SMILES string of the molecule is N#Cc1ccc(OCc2ccc(Br)cn2)cc1. The summed E-state index contributed by atoms with van der Waals surface area (Å²) < 4.78 is 6.49. The first-order valence-corrected chi connectivity index (χ1v) is 5.80. The molecule has 0 atom stereocenters. The van der Waals surface area contributed by atoms with Gasteiger partial charge < -0.3 is 4.74 Å². The lowest BCUT2D eigenvalue weighted by Gasteiger charge is -2.05. The third-order valence-electron chi connectivity index (χ3n) is 2.16. The number of halogens is 1. The van der Waals surface area contributed by atoms with E-state index < -0.39 is 0 Å². The van der Waals surface area contributed by atoms with E-state index in [1.807, 2.05) is 12.1 Å². The Morgan fingerprint density at radius 1 is 1.18 bits per heavy atom. The molecule has 0 fully saturated rings. The molecule has 1 aromatic heterocycles. The molecule has 0 aliphatic rings. The molecule has 2 rings (SSSR count). The molecule has 0 amide bonds. The molecule has 0 radical (unpaired) electrons. The zero-order valence-corrected chi connectivity index (χ0v) is 10.5. The Morgan fingerprint density at radius 3 is 2.53 bits per heavy atom. The topological polar surface area (TPSA) is 45.9 Å². The van der Waals surface area contributed by atoms with Crippen molar-refractivity contribution in [2.24, 2.45) is 0 Å². The molecule has 1 heterocycles. The average molecular weight is 289 g/mol. The van der Waals surface area contributed by atoms with Gasteiger partial charge in [-0.2, -0.15) is 5.26 Å². The summed E-state index contributed by atoms with van der Waals surface area (Å²) >= 11 is 3.32. The van der Waals surface area contributed by atoms with Crippen LogP contribution in [0.25, 0.3) is 0 Å². The van der Waals surface area contributed by atoms with Gasteiger partial charge in [-0.3, -0.25) is 4.98 Å². The van der Waals surface area contributed by atoms with Gasteiger partial charge in [0.05, 0.1) is 17.3 Å². The molecule has 4 heteroatoms. The minimum Gasteiger partial charge on any atom is -0.487 e. The van der Waals surface area contributed by atoms with Gasteiger partial charge in [-0.05, 0) is 52.3 Å². The third-order valence-corrected chi connectivity index (χ3v) is 2.63. The number of pyridine rings is 1. The first-order chi connectivity index (χ1) is 8.28. The molecule has 17 heavy (non-hydrogen) atoms. The Labute approximate surface area is 108 Å². The lowest BCUT2D eigenvalue weighted by atomic mass is 10.2. The van der Waals surface area contributed by atoms with E-state index in [0.29, 0.717) is 12.2 Å². The van der Waals surface area contributed by atoms with Crippen molar-refractivity contribution in [3.05, 3.63) is 58.3 Å². The smallest absolute Gasteiger partial charge is 0.130 e. The van der Waals surface area contributed by atoms with Crippen LogP contribution in [0.2, 0.25) is 0 Å². The minimum atomic E-state index is 0.416. The largest absolute Gasteiger partial charge is 0.487 e. The number of hydrogen-bond acceptors (Lipinski definition) is 3. The van der Waals surface area contributed by atoms with Crippen LogP contribution < -0.4 is 4.74 Å². The van der Waals surface area contributed by atoms with E-state index in [-0.39, 0.29) is 0 Å². The van der Waals surface area contributed by atoms with Gasteiger partial charge in [0.25, 0.3) is 0 Å². The summed E-state index contributed by atoms with van der Waals surface area (Å²) in [5.41, 5.74) is 1.48. The fraction of sp³-hybridized carbons (Fsp3) is 0.0769. The molecule has 0 saturated carbocycles. The Bertz CT molecular complexity index is 529. The van der Waals surface area contributed by atoms with Crippen LogP contribution in [0, 0.1) is 11.3 Å². The normalized spacial score (nSPS) is 9.65. The van der Waals surface area contributed by atoms with E-state index in [1.165, 1.54) is 0 Å². The second-order valence-electron chi connectivity index (χ2n) is 3.39. The number of aromatic nitrogens is 1. The standard InChI is InChI=1S/C13H9BrN2O/c14-11-3-4-12(16-8-11)9-17-13-5-1-10(7-15)2-6-13/h1-6,8H,9H2. The number of nitrogens with zero attached hydrogens (tertiary/aromatic N) is 2. The fourth-order valence-electron chi connectivity index (χ4n) is 1.27. The Hall–Kier alpha value is -1.86. The molecule has 0 saturated heterocycles. The van der Waals surface area contributed by atoms with Gasteiger partial charge >= 0.3 is 0 Å². The van der Waals surface area contributed by atoms with E-state index in [4.69, 9.17) is 10.00 Å². The van der Waals surface area contributed by atoms with Crippen LogP contribution in [0.1, 0.15) is 11.3 Å². The summed E-state index contributed by atoms with van der Waals surface area (Å²) in [6.45, 7) is 0.416. The highest BCUT2D eigenvalue weighted by molar-refractivity contribution is 9.10. The lowest BCUT2D eigenvalue weighted by molar-refractivity contribution is 0.301. The summed E-state index contributed by atoms with van der Waals surface area (Å²) in [5, 5.41) is 8.66.